The summed E-state index contributed by atoms with van der Waals surface area (Å²) in [7, 11) is 0. The third-order valence-corrected chi connectivity index (χ3v) is 12.4. The molecular weight excluding hydrogens is 661 g/mol. The fraction of sp³-hybridized carbons (Fsp3) is 0.0909. The van der Waals surface area contributed by atoms with Crippen LogP contribution in [0.1, 0.15) is 51.4 Å². The van der Waals surface area contributed by atoms with Crippen LogP contribution in [0.3, 0.4) is 0 Å². The van der Waals surface area contributed by atoms with Crippen molar-refractivity contribution >= 4 is 6.08 Å². The van der Waals surface area contributed by atoms with E-state index in [0.717, 1.165) is 12.0 Å². The van der Waals surface area contributed by atoms with Crippen LogP contribution in [-0.2, 0) is 11.8 Å². The van der Waals surface area contributed by atoms with Crippen LogP contribution >= 0.6 is 0 Å². The van der Waals surface area contributed by atoms with Crippen molar-refractivity contribution < 1.29 is 0 Å². The molecule has 0 amide bonds. The smallest absolute Gasteiger partial charge is 0.0725 e. The Labute approximate surface area is 325 Å². The maximum Gasteiger partial charge on any atom is 0.0725 e. The predicted octanol–water partition coefficient (Wildman–Crippen LogP) is 14.5. The number of rotatable bonds is 6. The van der Waals surface area contributed by atoms with Crippen LogP contribution < -0.4 is 0 Å². The van der Waals surface area contributed by atoms with Crippen LogP contribution in [0.15, 0.2) is 176 Å². The van der Waals surface area contributed by atoms with Crippen molar-refractivity contribution in [3.8, 4) is 66.8 Å². The standard InChI is InChI=1S/C55H42/c1-5-37-32-39(40-27-26-36(4)49(34-40)42-17-8-7-16-35(42)3)28-30-43(37)44-31-29-41(33-38(44)6-2)45-21-15-25-53-54(45)48-20-11-14-24-52(48)55(53)50-22-12-9-18-46(50)47-19-10-13-23-51(47)55/h5,7-34H,1,6H2,2-4H3. The maximum absolute atomic E-state index is 4.29. The zero-order valence-electron chi connectivity index (χ0n) is 31.7. The first-order valence-electron chi connectivity index (χ1n) is 19.5. The first-order valence-corrected chi connectivity index (χ1v) is 19.5. The van der Waals surface area contributed by atoms with E-state index in [-0.39, 0.29) is 5.41 Å². The highest BCUT2D eigenvalue weighted by Crippen LogP contribution is 2.64. The van der Waals surface area contributed by atoms with Gasteiger partial charge >= 0.3 is 0 Å². The Morgan fingerprint density at radius 2 is 0.945 bits per heavy atom. The zero-order valence-corrected chi connectivity index (χ0v) is 31.7. The van der Waals surface area contributed by atoms with E-state index < -0.39 is 0 Å². The molecule has 0 N–H and O–H groups in total. The average Bonchev–Trinajstić information content (AvgIpc) is 3.71. The van der Waals surface area contributed by atoms with Crippen molar-refractivity contribution in [3.63, 3.8) is 0 Å². The molecule has 55 heavy (non-hydrogen) atoms. The van der Waals surface area contributed by atoms with E-state index in [1.54, 1.807) is 0 Å². The van der Waals surface area contributed by atoms with Crippen molar-refractivity contribution in [2.45, 2.75) is 32.6 Å². The molecule has 0 nitrogen and oxygen atoms in total. The van der Waals surface area contributed by atoms with Crippen molar-refractivity contribution in [2.24, 2.45) is 0 Å². The lowest BCUT2D eigenvalue weighted by atomic mass is 9.70. The summed E-state index contributed by atoms with van der Waals surface area (Å²) < 4.78 is 0. The molecule has 0 atom stereocenters. The van der Waals surface area contributed by atoms with Gasteiger partial charge in [-0.15, -0.1) is 0 Å². The van der Waals surface area contributed by atoms with Crippen LogP contribution in [0.4, 0.5) is 0 Å². The Hall–Kier alpha value is -6.50. The molecule has 0 heteroatoms. The monoisotopic (exact) mass is 702 g/mol. The van der Waals surface area contributed by atoms with Gasteiger partial charge in [0.05, 0.1) is 5.41 Å². The second kappa shape index (κ2) is 12.8. The minimum atomic E-state index is -0.346. The molecule has 0 unspecified atom stereocenters. The summed E-state index contributed by atoms with van der Waals surface area (Å²) in [6.45, 7) is 11.0. The van der Waals surface area contributed by atoms with E-state index in [4.69, 9.17) is 0 Å². The third-order valence-electron chi connectivity index (χ3n) is 12.4. The Morgan fingerprint density at radius 3 is 1.64 bits per heavy atom. The van der Waals surface area contributed by atoms with E-state index in [0.29, 0.717) is 0 Å². The highest BCUT2D eigenvalue weighted by Gasteiger charge is 2.51. The van der Waals surface area contributed by atoms with Gasteiger partial charge in [0.25, 0.3) is 0 Å². The molecule has 2 aliphatic carbocycles. The fourth-order valence-electron chi connectivity index (χ4n) is 9.82. The quantitative estimate of drug-likeness (QED) is 0.162. The maximum atomic E-state index is 4.29. The molecule has 0 saturated heterocycles. The highest BCUT2D eigenvalue weighted by molar-refractivity contribution is 6.00. The largest absolute Gasteiger partial charge is 0.0984 e. The molecule has 2 aliphatic rings. The molecule has 0 radical (unpaired) electrons. The van der Waals surface area contributed by atoms with Gasteiger partial charge in [0.1, 0.15) is 0 Å². The Balaban J connectivity index is 1.09. The minimum absolute atomic E-state index is 0.346. The zero-order chi connectivity index (χ0) is 37.3. The molecule has 0 aliphatic heterocycles. The summed E-state index contributed by atoms with van der Waals surface area (Å²) in [4.78, 5) is 0. The number of aryl methyl sites for hydroxylation is 3. The second-order valence-electron chi connectivity index (χ2n) is 15.2. The number of fused-ring (bicyclic) bond motifs is 10. The van der Waals surface area contributed by atoms with Crippen molar-refractivity contribution in [1.82, 2.24) is 0 Å². The lowest BCUT2D eigenvalue weighted by molar-refractivity contribution is 0.794. The van der Waals surface area contributed by atoms with Gasteiger partial charge in [-0.05, 0) is 144 Å². The van der Waals surface area contributed by atoms with E-state index in [2.05, 4.69) is 197 Å². The van der Waals surface area contributed by atoms with Crippen LogP contribution in [0.5, 0.6) is 0 Å². The van der Waals surface area contributed by atoms with Crippen LogP contribution in [0.25, 0.3) is 72.8 Å². The summed E-state index contributed by atoms with van der Waals surface area (Å²) in [5, 5.41) is 0. The van der Waals surface area contributed by atoms with E-state index >= 15 is 0 Å². The molecule has 0 heterocycles. The summed E-state index contributed by atoms with van der Waals surface area (Å²) in [5.41, 5.74) is 25.6. The predicted molar refractivity (Wildman–Crippen MR) is 233 cm³/mol. The molecule has 8 aromatic carbocycles. The van der Waals surface area contributed by atoms with Gasteiger partial charge in [-0.2, -0.15) is 0 Å². The van der Waals surface area contributed by atoms with Gasteiger partial charge in [0.15, 0.2) is 0 Å². The molecule has 10 rings (SSSR count). The van der Waals surface area contributed by atoms with E-state index in [1.165, 1.54) is 106 Å². The van der Waals surface area contributed by atoms with Crippen molar-refractivity contribution in [2.75, 3.05) is 0 Å². The summed E-state index contributed by atoms with van der Waals surface area (Å²) in [5.74, 6) is 0. The fourth-order valence-corrected chi connectivity index (χ4v) is 9.82. The van der Waals surface area contributed by atoms with Gasteiger partial charge in [0.2, 0.25) is 0 Å². The van der Waals surface area contributed by atoms with E-state index in [9.17, 15) is 0 Å². The van der Waals surface area contributed by atoms with Crippen molar-refractivity contribution in [3.05, 3.63) is 221 Å². The lowest BCUT2D eigenvalue weighted by Gasteiger charge is -2.30. The SMILES string of the molecule is C=Cc1cc(-c2ccc(C)c(-c3ccccc3C)c2)ccc1-c1ccc(-c2cccc3c2-c2ccccc2C32c3ccccc3-c3ccccc32)cc1CC. The topological polar surface area (TPSA) is 0 Å². The van der Waals surface area contributed by atoms with E-state index in [1.807, 2.05) is 6.08 Å². The van der Waals surface area contributed by atoms with Gasteiger partial charge in [-0.3, -0.25) is 0 Å². The molecule has 1 spiro atoms. The molecule has 0 fully saturated rings. The molecule has 8 aromatic rings. The summed E-state index contributed by atoms with van der Waals surface area (Å²) >= 11 is 0. The molecule has 0 bridgehead atoms. The molecular formula is C55H42. The Kier molecular flexibility index (Phi) is 7.72. The normalized spacial score (nSPS) is 12.9. The lowest BCUT2D eigenvalue weighted by Crippen LogP contribution is -2.25. The first kappa shape index (κ1) is 33.1. The minimum Gasteiger partial charge on any atom is -0.0984 e. The van der Waals surface area contributed by atoms with Crippen LogP contribution in [0.2, 0.25) is 0 Å². The second-order valence-corrected chi connectivity index (χ2v) is 15.2. The number of benzene rings is 8. The Morgan fingerprint density at radius 1 is 0.418 bits per heavy atom. The Bertz CT molecular complexity index is 2800. The molecule has 0 saturated carbocycles. The molecule has 262 valence electrons. The van der Waals surface area contributed by atoms with Crippen LogP contribution in [0, 0.1) is 13.8 Å². The average molecular weight is 703 g/mol. The highest BCUT2D eigenvalue weighted by atomic mass is 14.5. The van der Waals surface area contributed by atoms with Gasteiger partial charge in [-0.1, -0.05) is 177 Å². The number of hydrogen-bond donors (Lipinski definition) is 0. The third kappa shape index (κ3) is 4.84. The first-order chi connectivity index (χ1) is 27.0. The summed E-state index contributed by atoms with van der Waals surface area (Å²) in [6.07, 6.45) is 2.94. The van der Waals surface area contributed by atoms with Gasteiger partial charge in [0, 0.05) is 0 Å². The van der Waals surface area contributed by atoms with Crippen LogP contribution in [-0.4, -0.2) is 0 Å². The molecule has 0 aromatic heterocycles. The van der Waals surface area contributed by atoms with Gasteiger partial charge in [-0.25, -0.2) is 0 Å². The van der Waals surface area contributed by atoms with Crippen molar-refractivity contribution in [1.29, 1.82) is 0 Å². The van der Waals surface area contributed by atoms with Gasteiger partial charge < -0.3 is 0 Å². The number of hydrogen-bond acceptors (Lipinski definition) is 0. The summed E-state index contributed by atoms with van der Waals surface area (Å²) in [6, 6.07) is 63.6.